The zero-order valence-electron chi connectivity index (χ0n) is 26.5. The summed E-state index contributed by atoms with van der Waals surface area (Å²) < 4.78 is 0. The Labute approximate surface area is 247 Å². The van der Waals surface area contributed by atoms with Gasteiger partial charge in [-0.25, -0.2) is 4.79 Å². The summed E-state index contributed by atoms with van der Waals surface area (Å²) in [7, 11) is 0. The molecule has 0 aliphatic rings. The largest absolute Gasteiger partial charge is 0.480 e. The highest BCUT2D eigenvalue weighted by atomic mass is 16.4. The van der Waals surface area contributed by atoms with E-state index in [2.05, 4.69) is 13.8 Å². The van der Waals surface area contributed by atoms with Gasteiger partial charge in [-0.05, 0) is 32.2 Å². The molecule has 6 nitrogen and oxygen atoms in total. The number of rotatable bonds is 31. The third-order valence-electron chi connectivity index (χ3n) is 8.48. The van der Waals surface area contributed by atoms with Gasteiger partial charge >= 0.3 is 5.97 Å². The molecule has 6 heteroatoms. The first-order chi connectivity index (χ1) is 19.4. The Morgan fingerprint density at radius 1 is 0.575 bits per heavy atom. The third-order valence-corrected chi connectivity index (χ3v) is 8.48. The Bertz CT molecular complexity index is 639. The third kappa shape index (κ3) is 18.2. The molecular weight excluding hydrogens is 500 g/mol. The maximum absolute atomic E-state index is 13.2. The molecule has 2 unspecified atom stereocenters. The number of aliphatic carboxylic acids is 1. The van der Waals surface area contributed by atoms with E-state index in [9.17, 15) is 19.5 Å². The van der Waals surface area contributed by atoms with Crippen molar-refractivity contribution in [3.63, 3.8) is 0 Å². The van der Waals surface area contributed by atoms with E-state index in [4.69, 9.17) is 11.5 Å². The topological polar surface area (TPSA) is 123 Å². The molecule has 0 saturated carbocycles. The lowest BCUT2D eigenvalue weighted by Crippen LogP contribution is -2.62. The van der Waals surface area contributed by atoms with Gasteiger partial charge in [0, 0.05) is 12.8 Å². The molecule has 0 amide bonds. The smallest absolute Gasteiger partial charge is 0.332 e. The van der Waals surface area contributed by atoms with Gasteiger partial charge in [-0.1, -0.05) is 142 Å². The average Bonchev–Trinajstić information content (AvgIpc) is 2.94. The molecule has 0 aromatic rings. The van der Waals surface area contributed by atoms with Crippen LogP contribution in [0.25, 0.3) is 0 Å². The van der Waals surface area contributed by atoms with Crippen LogP contribution in [0.15, 0.2) is 0 Å². The first-order valence-electron chi connectivity index (χ1n) is 17.1. The highest BCUT2D eigenvalue weighted by Crippen LogP contribution is 2.27. The van der Waals surface area contributed by atoms with Crippen LogP contribution >= 0.6 is 0 Å². The Kier molecular flexibility index (Phi) is 25.8. The number of carboxylic acids is 1. The average molecular weight is 567 g/mol. The molecule has 0 saturated heterocycles. The van der Waals surface area contributed by atoms with Crippen molar-refractivity contribution in [2.24, 2.45) is 17.4 Å². The fourth-order valence-electron chi connectivity index (χ4n) is 5.72. The normalized spacial score (nSPS) is 13.7. The summed E-state index contributed by atoms with van der Waals surface area (Å²) in [5.74, 6) is -3.08. The van der Waals surface area contributed by atoms with E-state index in [0.717, 1.165) is 38.5 Å². The van der Waals surface area contributed by atoms with Crippen molar-refractivity contribution < 1.29 is 19.5 Å². The number of carbonyl (C=O) groups excluding carboxylic acids is 2. The molecule has 0 bridgehead atoms. The van der Waals surface area contributed by atoms with Crippen molar-refractivity contribution in [3.05, 3.63) is 0 Å². The Balaban J connectivity index is 4.51. The quantitative estimate of drug-likeness (QED) is 0.0569. The molecule has 0 fully saturated rings. The first kappa shape index (κ1) is 38.7. The van der Waals surface area contributed by atoms with Crippen LogP contribution in [0, 0.1) is 5.92 Å². The molecule has 0 heterocycles. The van der Waals surface area contributed by atoms with Gasteiger partial charge in [0.15, 0.2) is 11.3 Å². The molecule has 0 aliphatic heterocycles. The molecule has 0 aromatic carbocycles. The van der Waals surface area contributed by atoms with Crippen molar-refractivity contribution in [3.8, 4) is 0 Å². The van der Waals surface area contributed by atoms with Crippen LogP contribution in [0.1, 0.15) is 181 Å². The predicted octanol–water partition coefficient (Wildman–Crippen LogP) is 8.66. The van der Waals surface area contributed by atoms with Crippen LogP contribution in [0.5, 0.6) is 0 Å². The van der Waals surface area contributed by atoms with Crippen molar-refractivity contribution in [2.75, 3.05) is 6.54 Å². The minimum absolute atomic E-state index is 0.116. The highest BCUT2D eigenvalue weighted by Gasteiger charge is 2.50. The Morgan fingerprint density at radius 2 is 0.925 bits per heavy atom. The lowest BCUT2D eigenvalue weighted by Gasteiger charge is -2.31. The second-order valence-corrected chi connectivity index (χ2v) is 12.1. The number of hydrogen-bond donors (Lipinski definition) is 3. The number of carboxylic acid groups (broad SMARTS) is 1. The molecule has 2 atom stereocenters. The van der Waals surface area contributed by atoms with E-state index in [1.54, 1.807) is 0 Å². The number of hydrogen-bond acceptors (Lipinski definition) is 5. The van der Waals surface area contributed by atoms with Crippen LogP contribution in [0.2, 0.25) is 0 Å². The van der Waals surface area contributed by atoms with Crippen LogP contribution in [-0.2, 0) is 14.4 Å². The Morgan fingerprint density at radius 3 is 1.27 bits per heavy atom. The fraction of sp³-hybridized carbons (Fsp3) is 0.912. The molecular formula is C34H66N2O4. The van der Waals surface area contributed by atoms with Crippen molar-refractivity contribution in [2.45, 2.75) is 186 Å². The van der Waals surface area contributed by atoms with Crippen LogP contribution in [0.3, 0.4) is 0 Å². The monoisotopic (exact) mass is 567 g/mol. The van der Waals surface area contributed by atoms with Crippen LogP contribution in [-0.4, -0.2) is 34.7 Å². The van der Waals surface area contributed by atoms with Crippen molar-refractivity contribution in [1.29, 1.82) is 0 Å². The van der Waals surface area contributed by atoms with Gasteiger partial charge in [-0.2, -0.15) is 0 Å². The van der Waals surface area contributed by atoms with Gasteiger partial charge in [-0.3, -0.25) is 9.59 Å². The van der Waals surface area contributed by atoms with Crippen molar-refractivity contribution >= 4 is 17.5 Å². The summed E-state index contributed by atoms with van der Waals surface area (Å²) in [4.78, 5) is 38.6. The summed E-state index contributed by atoms with van der Waals surface area (Å²) in [6.45, 7) is 4.80. The summed E-state index contributed by atoms with van der Waals surface area (Å²) in [6.07, 6.45) is 26.8. The van der Waals surface area contributed by atoms with Gasteiger partial charge in [0.2, 0.25) is 0 Å². The van der Waals surface area contributed by atoms with Gasteiger partial charge in [0.05, 0.1) is 5.92 Å². The van der Waals surface area contributed by atoms with E-state index < -0.39 is 23.2 Å². The summed E-state index contributed by atoms with van der Waals surface area (Å²) >= 11 is 0. The molecule has 0 radical (unpaired) electrons. The zero-order chi connectivity index (χ0) is 29.9. The van der Waals surface area contributed by atoms with Crippen molar-refractivity contribution in [1.82, 2.24) is 0 Å². The maximum Gasteiger partial charge on any atom is 0.332 e. The standard InChI is InChI=1S/C34H66N2O4/c1-3-5-7-9-11-13-15-17-19-21-23-27-31(37)30(26-25-29-35)34(36,33(39)40)32(38)28-24-22-20-18-16-14-12-10-8-6-4-2/h30H,3-29,35-36H2,1-2H3,(H,39,40). The number of nitrogens with two attached hydrogens (primary N) is 2. The Hall–Kier alpha value is -1.27. The zero-order valence-corrected chi connectivity index (χ0v) is 26.5. The minimum Gasteiger partial charge on any atom is -0.480 e. The van der Waals surface area contributed by atoms with Gasteiger partial charge < -0.3 is 16.6 Å². The molecule has 0 aliphatic carbocycles. The molecule has 5 N–H and O–H groups in total. The first-order valence-corrected chi connectivity index (χ1v) is 17.1. The molecule has 236 valence electrons. The summed E-state index contributed by atoms with van der Waals surface area (Å²) in [6, 6.07) is 0. The van der Waals surface area contributed by atoms with Gasteiger partial charge in [-0.15, -0.1) is 0 Å². The second-order valence-electron chi connectivity index (χ2n) is 12.1. The number of Topliss-reactive ketones (excluding diaryl/α,β-unsaturated/α-hetero) is 2. The lowest BCUT2D eigenvalue weighted by molar-refractivity contribution is -0.154. The number of ketones is 2. The van der Waals surface area contributed by atoms with Gasteiger partial charge in [0.1, 0.15) is 5.78 Å². The fourth-order valence-corrected chi connectivity index (χ4v) is 5.72. The molecule has 0 rings (SSSR count). The summed E-state index contributed by atoms with van der Waals surface area (Å²) in [5, 5.41) is 10.0. The van der Waals surface area contributed by atoms with Crippen LogP contribution in [0.4, 0.5) is 0 Å². The second kappa shape index (κ2) is 26.6. The highest BCUT2D eigenvalue weighted by molar-refractivity contribution is 6.11. The van der Waals surface area contributed by atoms with E-state index >= 15 is 0 Å². The van der Waals surface area contributed by atoms with Crippen LogP contribution < -0.4 is 11.5 Å². The van der Waals surface area contributed by atoms with E-state index in [-0.39, 0.29) is 25.0 Å². The van der Waals surface area contributed by atoms with Gasteiger partial charge in [0.25, 0.3) is 0 Å². The predicted molar refractivity (Wildman–Crippen MR) is 169 cm³/mol. The van der Waals surface area contributed by atoms with E-state index in [1.165, 1.54) is 96.3 Å². The lowest BCUT2D eigenvalue weighted by atomic mass is 9.73. The van der Waals surface area contributed by atoms with E-state index in [0.29, 0.717) is 19.4 Å². The summed E-state index contributed by atoms with van der Waals surface area (Å²) in [5.41, 5.74) is 9.85. The minimum atomic E-state index is -2.15. The molecule has 0 aromatic heterocycles. The molecule has 0 spiro atoms. The maximum atomic E-state index is 13.2. The number of unbranched alkanes of at least 4 members (excludes halogenated alkanes) is 20. The number of carbonyl (C=O) groups is 3. The SMILES string of the molecule is CCCCCCCCCCCCCC(=O)C(CCCN)C(N)(C(=O)O)C(=O)CCCCCCCCCCCCC. The molecule has 40 heavy (non-hydrogen) atoms. The van der Waals surface area contributed by atoms with E-state index in [1.807, 2.05) is 0 Å².